The van der Waals surface area contributed by atoms with Gasteiger partial charge in [0.15, 0.2) is 6.61 Å². The molecule has 0 aromatic heterocycles. The number of benzodiazepines with no additional fused rings is 1. The molecule has 0 bridgehead atoms. The minimum absolute atomic E-state index is 0.238. The van der Waals surface area contributed by atoms with Gasteiger partial charge in [-0.15, -0.1) is 0 Å². The van der Waals surface area contributed by atoms with Crippen molar-refractivity contribution in [1.82, 2.24) is 10.6 Å². The first-order valence-electron chi connectivity index (χ1n) is 11.6. The highest BCUT2D eigenvalue weighted by Gasteiger charge is 2.32. The lowest BCUT2D eigenvalue weighted by atomic mass is 10.0. The van der Waals surface area contributed by atoms with Crippen LogP contribution in [0.3, 0.4) is 0 Å². The van der Waals surface area contributed by atoms with Crippen molar-refractivity contribution in [2.45, 2.75) is 26.1 Å². The monoisotopic (exact) mass is 484 g/mol. The Morgan fingerprint density at radius 2 is 1.75 bits per heavy atom. The van der Waals surface area contributed by atoms with Crippen molar-refractivity contribution in [3.05, 3.63) is 95.6 Å². The van der Waals surface area contributed by atoms with Crippen molar-refractivity contribution >= 4 is 29.1 Å². The van der Waals surface area contributed by atoms with Gasteiger partial charge in [0.05, 0.1) is 11.4 Å². The molecule has 3 aromatic carbocycles. The molecule has 8 heteroatoms. The topological polar surface area (TPSA) is 100 Å². The molecule has 0 spiro atoms. The van der Waals surface area contributed by atoms with Crippen molar-refractivity contribution in [2.75, 3.05) is 18.6 Å². The van der Waals surface area contributed by atoms with Gasteiger partial charge in [0, 0.05) is 18.2 Å². The van der Waals surface area contributed by atoms with E-state index in [4.69, 9.17) is 4.74 Å². The van der Waals surface area contributed by atoms with Gasteiger partial charge in [-0.3, -0.25) is 14.4 Å². The summed E-state index contributed by atoms with van der Waals surface area (Å²) in [6, 6.07) is 23.4. The number of nitrogens with zero attached hydrogens (tertiary/aromatic N) is 2. The number of amides is 3. The maximum Gasteiger partial charge on any atom is 0.272 e. The molecular weight excluding hydrogens is 456 g/mol. The summed E-state index contributed by atoms with van der Waals surface area (Å²) in [6.45, 7) is 3.23. The second kappa shape index (κ2) is 10.9. The lowest BCUT2D eigenvalue weighted by molar-refractivity contribution is -0.131. The van der Waals surface area contributed by atoms with Gasteiger partial charge >= 0.3 is 0 Å². The first-order chi connectivity index (χ1) is 17.3. The number of anilines is 1. The molecule has 184 valence electrons. The SMILES string of the molecule is Cc1cccc(OCC(=O)N[C@@H](C)C(=O)N[C@H]2N=C(c3ccccc3)c3ccccc3N(C)C2=O)c1. The summed E-state index contributed by atoms with van der Waals surface area (Å²) in [5.41, 5.74) is 3.90. The summed E-state index contributed by atoms with van der Waals surface area (Å²) < 4.78 is 5.50. The minimum atomic E-state index is -1.16. The van der Waals surface area contributed by atoms with E-state index in [1.165, 1.54) is 4.90 Å². The third-order valence-corrected chi connectivity index (χ3v) is 5.80. The maximum atomic E-state index is 13.2. The highest BCUT2D eigenvalue weighted by molar-refractivity contribution is 6.20. The molecule has 1 heterocycles. The van der Waals surface area contributed by atoms with E-state index < -0.39 is 24.0 Å². The van der Waals surface area contributed by atoms with Crippen LogP contribution in [0.15, 0.2) is 83.9 Å². The minimum Gasteiger partial charge on any atom is -0.484 e. The average Bonchev–Trinajstić information content (AvgIpc) is 2.98. The third-order valence-electron chi connectivity index (χ3n) is 5.80. The zero-order valence-corrected chi connectivity index (χ0v) is 20.4. The van der Waals surface area contributed by atoms with Crippen LogP contribution in [-0.4, -0.2) is 49.3 Å². The van der Waals surface area contributed by atoms with Crippen LogP contribution in [0.25, 0.3) is 0 Å². The molecule has 0 saturated carbocycles. The number of hydrogen-bond donors (Lipinski definition) is 2. The van der Waals surface area contributed by atoms with Gasteiger partial charge in [-0.1, -0.05) is 60.7 Å². The number of aryl methyl sites for hydroxylation is 1. The summed E-state index contributed by atoms with van der Waals surface area (Å²) in [6.07, 6.45) is -1.16. The quantitative estimate of drug-likeness (QED) is 0.539. The van der Waals surface area contributed by atoms with E-state index in [-0.39, 0.29) is 12.5 Å². The Balaban J connectivity index is 1.48. The fourth-order valence-corrected chi connectivity index (χ4v) is 3.90. The van der Waals surface area contributed by atoms with Gasteiger partial charge in [-0.05, 0) is 37.6 Å². The van der Waals surface area contributed by atoms with Crippen molar-refractivity contribution in [1.29, 1.82) is 0 Å². The number of ether oxygens (including phenoxy) is 1. The molecule has 1 aliphatic rings. The van der Waals surface area contributed by atoms with Gasteiger partial charge in [0.2, 0.25) is 12.1 Å². The Hall–Kier alpha value is -4.46. The van der Waals surface area contributed by atoms with Crippen molar-refractivity contribution in [3.63, 3.8) is 0 Å². The first-order valence-corrected chi connectivity index (χ1v) is 11.6. The van der Waals surface area contributed by atoms with Crippen molar-refractivity contribution in [3.8, 4) is 5.75 Å². The van der Waals surface area contributed by atoms with Crippen LogP contribution in [0.5, 0.6) is 5.75 Å². The van der Waals surface area contributed by atoms with Gasteiger partial charge < -0.3 is 20.3 Å². The van der Waals surface area contributed by atoms with Crippen LogP contribution < -0.4 is 20.3 Å². The lowest BCUT2D eigenvalue weighted by Crippen LogP contribution is -2.52. The number of fused-ring (bicyclic) bond motifs is 1. The highest BCUT2D eigenvalue weighted by Crippen LogP contribution is 2.27. The van der Waals surface area contributed by atoms with E-state index in [0.29, 0.717) is 17.1 Å². The Morgan fingerprint density at radius 1 is 1.03 bits per heavy atom. The summed E-state index contributed by atoms with van der Waals surface area (Å²) in [5, 5.41) is 5.29. The average molecular weight is 485 g/mol. The number of benzene rings is 3. The number of likely N-dealkylation sites (N-methyl/N-ethyl adjacent to an activating group) is 1. The van der Waals surface area contributed by atoms with Crippen LogP contribution in [0.1, 0.15) is 23.6 Å². The van der Waals surface area contributed by atoms with Crippen LogP contribution in [0, 0.1) is 6.92 Å². The summed E-state index contributed by atoms with van der Waals surface area (Å²) in [5.74, 6) is -0.808. The van der Waals surface area contributed by atoms with Crippen LogP contribution >= 0.6 is 0 Å². The lowest BCUT2D eigenvalue weighted by Gasteiger charge is -2.22. The van der Waals surface area contributed by atoms with Gasteiger partial charge in [-0.25, -0.2) is 4.99 Å². The van der Waals surface area contributed by atoms with E-state index in [2.05, 4.69) is 15.6 Å². The highest BCUT2D eigenvalue weighted by atomic mass is 16.5. The maximum absolute atomic E-state index is 13.2. The number of carbonyl (C=O) groups excluding carboxylic acids is 3. The number of carbonyl (C=O) groups is 3. The molecule has 2 N–H and O–H groups in total. The molecule has 0 radical (unpaired) electrons. The first kappa shape index (κ1) is 24.7. The second-order valence-corrected chi connectivity index (χ2v) is 8.56. The molecular formula is C28H28N4O4. The fourth-order valence-electron chi connectivity index (χ4n) is 3.90. The van der Waals surface area contributed by atoms with Crippen LogP contribution in [0.2, 0.25) is 0 Å². The zero-order valence-electron chi connectivity index (χ0n) is 20.4. The largest absolute Gasteiger partial charge is 0.484 e. The number of para-hydroxylation sites is 1. The Morgan fingerprint density at radius 3 is 2.50 bits per heavy atom. The molecule has 3 aromatic rings. The predicted octanol–water partition coefficient (Wildman–Crippen LogP) is 2.83. The van der Waals surface area contributed by atoms with E-state index in [1.807, 2.05) is 79.7 Å². The molecule has 1 aliphatic heterocycles. The van der Waals surface area contributed by atoms with Crippen LogP contribution in [-0.2, 0) is 14.4 Å². The van der Waals surface area contributed by atoms with E-state index in [0.717, 1.165) is 16.7 Å². The summed E-state index contributed by atoms with van der Waals surface area (Å²) in [4.78, 5) is 44.7. The molecule has 3 amide bonds. The molecule has 36 heavy (non-hydrogen) atoms. The molecule has 0 aliphatic carbocycles. The Bertz CT molecular complexity index is 1310. The normalized spacial score (nSPS) is 15.8. The zero-order chi connectivity index (χ0) is 25.7. The van der Waals surface area contributed by atoms with Gasteiger partial charge in [0.1, 0.15) is 11.8 Å². The van der Waals surface area contributed by atoms with Crippen molar-refractivity contribution in [2.24, 2.45) is 4.99 Å². The summed E-state index contributed by atoms with van der Waals surface area (Å²) >= 11 is 0. The van der Waals surface area contributed by atoms with Crippen molar-refractivity contribution < 1.29 is 19.1 Å². The number of nitrogens with one attached hydrogen (secondary N) is 2. The molecule has 0 unspecified atom stereocenters. The van der Waals surface area contributed by atoms with Gasteiger partial charge in [-0.2, -0.15) is 0 Å². The number of aliphatic imine (C=N–C) groups is 1. The third kappa shape index (κ3) is 5.60. The van der Waals surface area contributed by atoms with E-state index in [1.54, 1.807) is 20.0 Å². The fraction of sp³-hybridized carbons (Fsp3) is 0.214. The Kier molecular flexibility index (Phi) is 7.44. The standard InChI is InChI=1S/C28H28N4O4/c1-18-10-9-13-21(16-18)36-17-24(33)29-19(2)27(34)31-26-28(35)32(3)23-15-8-7-14-22(23)25(30-26)20-11-5-4-6-12-20/h4-16,19,26H,17H2,1-3H3,(H,29,33)(H,31,34)/t19-,26+/m0/s1. The smallest absolute Gasteiger partial charge is 0.272 e. The van der Waals surface area contributed by atoms with E-state index >= 15 is 0 Å². The molecule has 0 fully saturated rings. The second-order valence-electron chi connectivity index (χ2n) is 8.56. The Labute approximate surface area is 210 Å². The molecule has 0 saturated heterocycles. The molecule has 4 rings (SSSR count). The molecule has 2 atom stereocenters. The number of rotatable bonds is 7. The number of hydrogen-bond acceptors (Lipinski definition) is 5. The van der Waals surface area contributed by atoms with Gasteiger partial charge in [0.25, 0.3) is 11.8 Å². The molecule has 8 nitrogen and oxygen atoms in total. The van der Waals surface area contributed by atoms with E-state index in [9.17, 15) is 14.4 Å². The summed E-state index contributed by atoms with van der Waals surface area (Å²) in [7, 11) is 1.65. The predicted molar refractivity (Wildman–Crippen MR) is 138 cm³/mol. The van der Waals surface area contributed by atoms with Crippen LogP contribution in [0.4, 0.5) is 5.69 Å².